The lowest BCUT2D eigenvalue weighted by Crippen LogP contribution is -2.40. The molecule has 0 unspecified atom stereocenters. The first-order chi connectivity index (χ1) is 13.0. The normalized spacial score (nSPS) is 17.4. The maximum atomic E-state index is 13.5. The summed E-state index contributed by atoms with van der Waals surface area (Å²) in [6, 6.07) is 16.3. The zero-order valence-electron chi connectivity index (χ0n) is 14.2. The molecule has 0 bridgehead atoms. The van der Waals surface area contributed by atoms with E-state index in [2.05, 4.69) is 0 Å². The first-order valence-corrected chi connectivity index (χ1v) is 10.7. The Hall–Kier alpha value is -2.55. The molecule has 6 nitrogen and oxygen atoms in total. The summed E-state index contributed by atoms with van der Waals surface area (Å²) < 4.78 is 28.3. The van der Waals surface area contributed by atoms with Gasteiger partial charge in [-0.3, -0.25) is 10.1 Å². The van der Waals surface area contributed by atoms with Crippen LogP contribution in [0.3, 0.4) is 0 Å². The number of thiophene rings is 1. The smallest absolute Gasteiger partial charge is 0.258 e. The molecule has 0 amide bonds. The standard InChI is InChI=1S/C19H16N2O4S2/c22-21(23)16-8-4-5-9-18(16)27(24,25)20-12-10-17-15(11-13-26-17)19(20)14-6-2-1-3-7-14/h1-9,11,13,19H,10,12H2/t19-/m1/s1. The molecule has 1 aliphatic heterocycles. The quantitative estimate of drug-likeness (QED) is 0.490. The summed E-state index contributed by atoms with van der Waals surface area (Å²) in [5.74, 6) is 0. The number of hydrogen-bond donors (Lipinski definition) is 0. The van der Waals surface area contributed by atoms with Crippen LogP contribution < -0.4 is 0 Å². The monoisotopic (exact) mass is 400 g/mol. The van der Waals surface area contributed by atoms with Crippen molar-refractivity contribution in [3.63, 3.8) is 0 Å². The fourth-order valence-electron chi connectivity index (χ4n) is 3.49. The van der Waals surface area contributed by atoms with Gasteiger partial charge >= 0.3 is 0 Å². The molecule has 0 N–H and O–H groups in total. The molecule has 3 aromatic rings. The average Bonchev–Trinajstić information content (AvgIpc) is 3.16. The lowest BCUT2D eigenvalue weighted by Gasteiger charge is -2.35. The minimum Gasteiger partial charge on any atom is -0.258 e. The van der Waals surface area contributed by atoms with Crippen molar-refractivity contribution in [3.8, 4) is 0 Å². The molecule has 0 spiro atoms. The molecular formula is C19H16N2O4S2. The molecule has 0 radical (unpaired) electrons. The predicted octanol–water partition coefficient (Wildman–Crippen LogP) is 3.99. The summed E-state index contributed by atoms with van der Waals surface area (Å²) in [5, 5.41) is 13.3. The van der Waals surface area contributed by atoms with Crippen molar-refractivity contribution in [3.05, 3.63) is 92.2 Å². The van der Waals surface area contributed by atoms with E-state index in [1.54, 1.807) is 11.3 Å². The second-order valence-corrected chi connectivity index (χ2v) is 9.06. The number of fused-ring (bicyclic) bond motifs is 1. The zero-order chi connectivity index (χ0) is 19.0. The Labute approximate surface area is 160 Å². The van der Waals surface area contributed by atoms with Crippen LogP contribution in [0.2, 0.25) is 0 Å². The van der Waals surface area contributed by atoms with Gasteiger partial charge in [0.25, 0.3) is 15.7 Å². The summed E-state index contributed by atoms with van der Waals surface area (Å²) in [6.07, 6.45) is 0.593. The average molecular weight is 400 g/mol. The highest BCUT2D eigenvalue weighted by molar-refractivity contribution is 7.89. The fourth-order valence-corrected chi connectivity index (χ4v) is 6.14. The van der Waals surface area contributed by atoms with Crippen LogP contribution >= 0.6 is 11.3 Å². The minimum absolute atomic E-state index is 0.269. The number of nitro benzene ring substituents is 1. The van der Waals surface area contributed by atoms with Crippen LogP contribution in [-0.2, 0) is 16.4 Å². The van der Waals surface area contributed by atoms with E-state index in [1.165, 1.54) is 28.6 Å². The van der Waals surface area contributed by atoms with Crippen LogP contribution in [0.15, 0.2) is 70.9 Å². The van der Waals surface area contributed by atoms with E-state index in [0.29, 0.717) is 6.42 Å². The van der Waals surface area contributed by atoms with Crippen molar-refractivity contribution in [2.45, 2.75) is 17.4 Å². The van der Waals surface area contributed by atoms with Crippen LogP contribution in [0, 0.1) is 10.1 Å². The van der Waals surface area contributed by atoms with Crippen molar-refractivity contribution in [2.24, 2.45) is 0 Å². The topological polar surface area (TPSA) is 80.5 Å². The summed E-state index contributed by atoms with van der Waals surface area (Å²) in [4.78, 5) is 11.6. The van der Waals surface area contributed by atoms with Gasteiger partial charge in [0.05, 0.1) is 11.0 Å². The Morgan fingerprint density at radius 2 is 1.74 bits per heavy atom. The van der Waals surface area contributed by atoms with Gasteiger partial charge in [0, 0.05) is 17.5 Å². The highest BCUT2D eigenvalue weighted by atomic mass is 32.2. The van der Waals surface area contributed by atoms with E-state index >= 15 is 0 Å². The summed E-state index contributed by atoms with van der Waals surface area (Å²) in [6.45, 7) is 0.279. The fraction of sp³-hybridized carbons (Fsp3) is 0.158. The van der Waals surface area contributed by atoms with Crippen molar-refractivity contribution < 1.29 is 13.3 Å². The Bertz CT molecular complexity index is 1090. The summed E-state index contributed by atoms with van der Waals surface area (Å²) in [5.41, 5.74) is 1.39. The lowest BCUT2D eigenvalue weighted by molar-refractivity contribution is -0.387. The van der Waals surface area contributed by atoms with Gasteiger partial charge in [0.15, 0.2) is 4.90 Å². The molecule has 0 fully saturated rings. The van der Waals surface area contributed by atoms with E-state index in [1.807, 2.05) is 41.8 Å². The van der Waals surface area contributed by atoms with E-state index in [4.69, 9.17) is 0 Å². The molecule has 2 aromatic carbocycles. The van der Waals surface area contributed by atoms with Gasteiger partial charge in [-0.25, -0.2) is 8.42 Å². The third kappa shape index (κ3) is 3.05. The first-order valence-electron chi connectivity index (χ1n) is 8.36. The van der Waals surface area contributed by atoms with Gasteiger partial charge < -0.3 is 0 Å². The maximum Gasteiger partial charge on any atom is 0.289 e. The molecule has 2 heterocycles. The Morgan fingerprint density at radius 1 is 1.04 bits per heavy atom. The number of benzene rings is 2. The second kappa shape index (κ2) is 6.88. The first kappa shape index (κ1) is 17.8. The molecule has 8 heteroatoms. The van der Waals surface area contributed by atoms with Crippen molar-refractivity contribution in [1.82, 2.24) is 4.31 Å². The van der Waals surface area contributed by atoms with Crippen LogP contribution in [0.4, 0.5) is 5.69 Å². The summed E-state index contributed by atoms with van der Waals surface area (Å²) >= 11 is 1.61. The van der Waals surface area contributed by atoms with E-state index in [9.17, 15) is 18.5 Å². The van der Waals surface area contributed by atoms with Gasteiger partial charge in [-0.15, -0.1) is 11.3 Å². The molecule has 0 saturated heterocycles. The molecule has 1 aromatic heterocycles. The number of nitro groups is 1. The van der Waals surface area contributed by atoms with Gasteiger partial charge in [-0.05, 0) is 35.1 Å². The van der Waals surface area contributed by atoms with E-state index < -0.39 is 26.7 Å². The number of para-hydroxylation sites is 1. The van der Waals surface area contributed by atoms with Gasteiger partial charge in [-0.2, -0.15) is 4.31 Å². The van der Waals surface area contributed by atoms with Crippen LogP contribution in [0.25, 0.3) is 0 Å². The number of rotatable bonds is 4. The molecule has 4 rings (SSSR count). The molecule has 1 atom stereocenters. The van der Waals surface area contributed by atoms with Gasteiger partial charge in [0.1, 0.15) is 0 Å². The van der Waals surface area contributed by atoms with Crippen LogP contribution in [-0.4, -0.2) is 24.2 Å². The third-order valence-electron chi connectivity index (χ3n) is 4.69. The Morgan fingerprint density at radius 3 is 2.48 bits per heavy atom. The van der Waals surface area contributed by atoms with Crippen LogP contribution in [0.5, 0.6) is 0 Å². The highest BCUT2D eigenvalue weighted by Crippen LogP contribution is 2.41. The maximum absolute atomic E-state index is 13.5. The van der Waals surface area contributed by atoms with Gasteiger partial charge in [0.2, 0.25) is 0 Å². The van der Waals surface area contributed by atoms with Crippen molar-refractivity contribution >= 4 is 27.0 Å². The molecule has 1 aliphatic rings. The molecule has 27 heavy (non-hydrogen) atoms. The largest absolute Gasteiger partial charge is 0.289 e. The number of sulfonamides is 1. The van der Waals surface area contributed by atoms with Crippen molar-refractivity contribution in [1.29, 1.82) is 0 Å². The van der Waals surface area contributed by atoms with Crippen molar-refractivity contribution in [2.75, 3.05) is 6.54 Å². The van der Waals surface area contributed by atoms with E-state index in [-0.39, 0.29) is 11.4 Å². The van der Waals surface area contributed by atoms with E-state index in [0.717, 1.165) is 16.0 Å². The zero-order valence-corrected chi connectivity index (χ0v) is 15.8. The predicted molar refractivity (Wildman–Crippen MR) is 103 cm³/mol. The summed E-state index contributed by atoms with van der Waals surface area (Å²) in [7, 11) is -4.06. The highest BCUT2D eigenvalue weighted by Gasteiger charge is 2.40. The lowest BCUT2D eigenvalue weighted by atomic mass is 9.95. The second-order valence-electron chi connectivity index (χ2n) is 6.20. The number of hydrogen-bond acceptors (Lipinski definition) is 5. The van der Waals surface area contributed by atoms with Gasteiger partial charge in [-0.1, -0.05) is 42.5 Å². The number of nitrogens with zero attached hydrogens (tertiary/aromatic N) is 2. The van der Waals surface area contributed by atoms with Crippen LogP contribution in [0.1, 0.15) is 22.0 Å². The molecular weight excluding hydrogens is 384 g/mol. The molecule has 138 valence electrons. The molecule has 0 aliphatic carbocycles. The minimum atomic E-state index is -4.06. The Kier molecular flexibility index (Phi) is 4.55. The Balaban J connectivity index is 1.88. The third-order valence-corrected chi connectivity index (χ3v) is 7.59. The SMILES string of the molecule is O=[N+]([O-])c1ccccc1S(=O)(=O)N1CCc2sccc2[C@H]1c1ccccc1. The molecule has 0 saturated carbocycles.